The molecule has 0 aliphatic carbocycles. The first kappa shape index (κ1) is 11.7. The van der Waals surface area contributed by atoms with E-state index in [1.807, 2.05) is 32.2 Å². The quantitative estimate of drug-likeness (QED) is 0.858. The van der Waals surface area contributed by atoms with Crippen molar-refractivity contribution < 1.29 is 0 Å². The summed E-state index contributed by atoms with van der Waals surface area (Å²) in [6.45, 7) is 5.98. The van der Waals surface area contributed by atoms with Crippen LogP contribution in [0.4, 0.5) is 0 Å². The van der Waals surface area contributed by atoms with E-state index in [0.717, 1.165) is 22.6 Å². The normalized spacial score (nSPS) is 12.5. The molecule has 3 nitrogen and oxygen atoms in total. The summed E-state index contributed by atoms with van der Waals surface area (Å²) in [5, 5.41) is 0. The van der Waals surface area contributed by atoms with Gasteiger partial charge in [-0.15, -0.1) is 0 Å². The van der Waals surface area contributed by atoms with Gasteiger partial charge in [-0.25, -0.2) is 9.97 Å². The predicted molar refractivity (Wildman–Crippen MR) is 69.5 cm³/mol. The van der Waals surface area contributed by atoms with Crippen LogP contribution in [0.3, 0.4) is 0 Å². The van der Waals surface area contributed by atoms with E-state index in [0.29, 0.717) is 0 Å². The molecule has 1 atom stereocenters. The summed E-state index contributed by atoms with van der Waals surface area (Å²) in [6, 6.07) is 8.16. The van der Waals surface area contributed by atoms with Crippen LogP contribution < -0.4 is 5.73 Å². The van der Waals surface area contributed by atoms with E-state index >= 15 is 0 Å². The molecule has 88 valence electrons. The summed E-state index contributed by atoms with van der Waals surface area (Å²) < 4.78 is 0. The summed E-state index contributed by atoms with van der Waals surface area (Å²) in [4.78, 5) is 8.90. The van der Waals surface area contributed by atoms with Crippen LogP contribution in [-0.4, -0.2) is 9.97 Å². The molecule has 2 aromatic rings. The van der Waals surface area contributed by atoms with Gasteiger partial charge in [0.2, 0.25) is 0 Å². The smallest absolute Gasteiger partial charge is 0.159 e. The van der Waals surface area contributed by atoms with Gasteiger partial charge < -0.3 is 5.73 Å². The number of benzene rings is 1. The lowest BCUT2D eigenvalue weighted by Gasteiger charge is -2.09. The van der Waals surface area contributed by atoms with Gasteiger partial charge in [0, 0.05) is 29.1 Å². The number of hydrogen-bond acceptors (Lipinski definition) is 3. The minimum absolute atomic E-state index is 0.0263. The molecule has 0 bridgehead atoms. The van der Waals surface area contributed by atoms with Crippen LogP contribution in [0.5, 0.6) is 0 Å². The van der Waals surface area contributed by atoms with E-state index < -0.39 is 0 Å². The van der Waals surface area contributed by atoms with Crippen molar-refractivity contribution in [2.75, 3.05) is 0 Å². The molecule has 0 unspecified atom stereocenters. The van der Waals surface area contributed by atoms with Crippen LogP contribution in [0.1, 0.15) is 29.8 Å². The maximum absolute atomic E-state index is 5.85. The highest BCUT2D eigenvalue weighted by Gasteiger charge is 2.08. The number of rotatable bonds is 2. The number of aryl methyl sites for hydroxylation is 2. The van der Waals surface area contributed by atoms with Gasteiger partial charge in [-0.1, -0.05) is 23.8 Å². The molecule has 0 saturated heterocycles. The van der Waals surface area contributed by atoms with Crippen LogP contribution in [0.25, 0.3) is 11.4 Å². The van der Waals surface area contributed by atoms with Crippen molar-refractivity contribution in [1.29, 1.82) is 0 Å². The van der Waals surface area contributed by atoms with Gasteiger partial charge in [0.1, 0.15) is 0 Å². The van der Waals surface area contributed by atoms with E-state index in [4.69, 9.17) is 5.73 Å². The largest absolute Gasteiger partial charge is 0.324 e. The Morgan fingerprint density at radius 2 is 2.00 bits per heavy atom. The molecular weight excluding hydrogens is 210 g/mol. The first-order valence-electron chi connectivity index (χ1n) is 5.74. The van der Waals surface area contributed by atoms with Crippen molar-refractivity contribution in [3.63, 3.8) is 0 Å². The molecule has 17 heavy (non-hydrogen) atoms. The first-order chi connectivity index (χ1) is 8.08. The fraction of sp³-hybridized carbons (Fsp3) is 0.286. The maximum atomic E-state index is 5.85. The molecule has 3 heteroatoms. The van der Waals surface area contributed by atoms with Gasteiger partial charge in [-0.2, -0.15) is 0 Å². The second-order valence-electron chi connectivity index (χ2n) is 4.39. The summed E-state index contributed by atoms with van der Waals surface area (Å²) in [7, 11) is 0. The Hall–Kier alpha value is -1.74. The Labute approximate surface area is 102 Å². The fourth-order valence-electron chi connectivity index (χ4n) is 1.85. The molecule has 0 aliphatic heterocycles. The van der Waals surface area contributed by atoms with Gasteiger partial charge in [0.15, 0.2) is 5.82 Å². The molecule has 0 amide bonds. The predicted octanol–water partition coefficient (Wildman–Crippen LogP) is 2.78. The third-order valence-electron chi connectivity index (χ3n) is 2.78. The molecule has 1 aromatic heterocycles. The highest BCUT2D eigenvalue weighted by molar-refractivity contribution is 5.56. The Morgan fingerprint density at radius 1 is 1.24 bits per heavy atom. The van der Waals surface area contributed by atoms with Crippen molar-refractivity contribution in [3.05, 3.63) is 47.3 Å². The SMILES string of the molecule is Cc1cccc(-c2ncc([C@H](C)N)c(C)n2)c1. The summed E-state index contributed by atoms with van der Waals surface area (Å²) in [5.41, 5.74) is 10.1. The molecule has 0 saturated carbocycles. The van der Waals surface area contributed by atoms with Gasteiger partial charge in [-0.3, -0.25) is 0 Å². The summed E-state index contributed by atoms with van der Waals surface area (Å²) in [6.07, 6.45) is 1.82. The van der Waals surface area contributed by atoms with Gasteiger partial charge >= 0.3 is 0 Å². The number of aromatic nitrogens is 2. The molecule has 0 spiro atoms. The monoisotopic (exact) mass is 227 g/mol. The van der Waals surface area contributed by atoms with Crippen LogP contribution in [0.2, 0.25) is 0 Å². The Bertz CT molecular complexity index is 533. The number of hydrogen-bond donors (Lipinski definition) is 1. The zero-order valence-corrected chi connectivity index (χ0v) is 10.4. The lowest BCUT2D eigenvalue weighted by molar-refractivity contribution is 0.790. The highest BCUT2D eigenvalue weighted by Crippen LogP contribution is 2.19. The van der Waals surface area contributed by atoms with Crippen molar-refractivity contribution >= 4 is 0 Å². The zero-order valence-electron chi connectivity index (χ0n) is 10.4. The minimum atomic E-state index is -0.0263. The average molecular weight is 227 g/mol. The third-order valence-corrected chi connectivity index (χ3v) is 2.78. The fourth-order valence-corrected chi connectivity index (χ4v) is 1.85. The second kappa shape index (κ2) is 4.63. The maximum Gasteiger partial charge on any atom is 0.159 e. The van der Waals surface area contributed by atoms with Crippen molar-refractivity contribution in [2.45, 2.75) is 26.8 Å². The van der Waals surface area contributed by atoms with Crippen LogP contribution in [-0.2, 0) is 0 Å². The third kappa shape index (κ3) is 2.50. The van der Waals surface area contributed by atoms with E-state index in [2.05, 4.69) is 29.0 Å². The lowest BCUT2D eigenvalue weighted by atomic mass is 10.1. The van der Waals surface area contributed by atoms with Gasteiger partial charge in [0.25, 0.3) is 0 Å². The molecule has 1 heterocycles. The molecular formula is C14H17N3. The van der Waals surface area contributed by atoms with Crippen LogP contribution >= 0.6 is 0 Å². The minimum Gasteiger partial charge on any atom is -0.324 e. The Morgan fingerprint density at radius 3 is 2.59 bits per heavy atom. The standard InChI is InChI=1S/C14H17N3/c1-9-5-4-6-12(7-9)14-16-8-13(10(2)15)11(3)17-14/h4-8,10H,15H2,1-3H3/t10-/m0/s1. The molecule has 1 aromatic carbocycles. The van der Waals surface area contributed by atoms with E-state index in [1.165, 1.54) is 5.56 Å². The molecule has 2 N–H and O–H groups in total. The molecule has 2 rings (SSSR count). The van der Waals surface area contributed by atoms with Crippen molar-refractivity contribution in [2.24, 2.45) is 5.73 Å². The van der Waals surface area contributed by atoms with Gasteiger partial charge in [-0.05, 0) is 26.8 Å². The lowest BCUT2D eigenvalue weighted by Crippen LogP contribution is -2.09. The average Bonchev–Trinajstić information content (AvgIpc) is 2.28. The summed E-state index contributed by atoms with van der Waals surface area (Å²) in [5.74, 6) is 0.760. The van der Waals surface area contributed by atoms with E-state index in [9.17, 15) is 0 Å². The summed E-state index contributed by atoms with van der Waals surface area (Å²) >= 11 is 0. The molecule has 0 aliphatic rings. The molecule has 0 fully saturated rings. The zero-order chi connectivity index (χ0) is 12.4. The highest BCUT2D eigenvalue weighted by atomic mass is 14.9. The van der Waals surface area contributed by atoms with Crippen molar-refractivity contribution in [3.8, 4) is 11.4 Å². The Kier molecular flexibility index (Phi) is 3.20. The number of nitrogens with zero attached hydrogens (tertiary/aromatic N) is 2. The number of nitrogens with two attached hydrogens (primary N) is 1. The first-order valence-corrected chi connectivity index (χ1v) is 5.74. The van der Waals surface area contributed by atoms with Gasteiger partial charge in [0.05, 0.1) is 0 Å². The topological polar surface area (TPSA) is 51.8 Å². The molecule has 0 radical (unpaired) electrons. The van der Waals surface area contributed by atoms with E-state index in [1.54, 1.807) is 0 Å². The second-order valence-corrected chi connectivity index (χ2v) is 4.39. The van der Waals surface area contributed by atoms with Crippen LogP contribution in [0.15, 0.2) is 30.5 Å². The van der Waals surface area contributed by atoms with Crippen molar-refractivity contribution in [1.82, 2.24) is 9.97 Å². The van der Waals surface area contributed by atoms with E-state index in [-0.39, 0.29) is 6.04 Å². The Balaban J connectivity index is 2.44. The van der Waals surface area contributed by atoms with Crippen LogP contribution in [0, 0.1) is 13.8 Å².